The first-order chi connectivity index (χ1) is 8.58. The number of nitrogens with one attached hydrogen (secondary N) is 1. The summed E-state index contributed by atoms with van der Waals surface area (Å²) in [6.45, 7) is 3.82. The Morgan fingerprint density at radius 1 is 1.28 bits per heavy atom. The summed E-state index contributed by atoms with van der Waals surface area (Å²) in [7, 11) is 0. The number of nitrogens with zero attached hydrogens (tertiary/aromatic N) is 1. The van der Waals surface area contributed by atoms with Gasteiger partial charge in [0.2, 0.25) is 0 Å². The molecule has 1 heterocycles. The van der Waals surface area contributed by atoms with Gasteiger partial charge < -0.3 is 5.32 Å². The van der Waals surface area contributed by atoms with E-state index in [4.69, 9.17) is 0 Å². The quantitative estimate of drug-likeness (QED) is 0.919. The van der Waals surface area contributed by atoms with Gasteiger partial charge >= 0.3 is 0 Å². The fourth-order valence-corrected chi connectivity index (χ4v) is 2.05. The molecule has 0 spiro atoms. The number of aryl methyl sites for hydroxylation is 2. The Bertz CT molecular complexity index is 596. The standard InChI is InChI=1S/C14H13BrN2O/c1-9-5-6-12(15)11(8-9)14(18)17-13-4-3-7-16-10(13)2/h3-8H,1-2H3,(H,17,18). The number of carbonyl (C=O) groups is 1. The monoisotopic (exact) mass is 304 g/mol. The molecule has 0 atom stereocenters. The first-order valence-corrected chi connectivity index (χ1v) is 6.36. The van der Waals surface area contributed by atoms with Gasteiger partial charge in [0.25, 0.3) is 5.91 Å². The molecule has 92 valence electrons. The molecule has 18 heavy (non-hydrogen) atoms. The summed E-state index contributed by atoms with van der Waals surface area (Å²) >= 11 is 3.39. The Morgan fingerprint density at radius 3 is 2.78 bits per heavy atom. The molecular formula is C14H13BrN2O. The number of anilines is 1. The average molecular weight is 305 g/mol. The lowest BCUT2D eigenvalue weighted by molar-refractivity contribution is 0.102. The highest BCUT2D eigenvalue weighted by molar-refractivity contribution is 9.10. The summed E-state index contributed by atoms with van der Waals surface area (Å²) in [6.07, 6.45) is 1.70. The third kappa shape index (κ3) is 2.76. The molecule has 0 unspecified atom stereocenters. The van der Waals surface area contributed by atoms with Crippen LogP contribution in [0.25, 0.3) is 0 Å². The van der Waals surface area contributed by atoms with Gasteiger partial charge in [-0.2, -0.15) is 0 Å². The molecular weight excluding hydrogens is 292 g/mol. The Kier molecular flexibility index (Phi) is 3.77. The van der Waals surface area contributed by atoms with Gasteiger partial charge in [0.15, 0.2) is 0 Å². The van der Waals surface area contributed by atoms with Crippen LogP contribution in [0.4, 0.5) is 5.69 Å². The lowest BCUT2D eigenvalue weighted by Crippen LogP contribution is -2.14. The first-order valence-electron chi connectivity index (χ1n) is 5.57. The van der Waals surface area contributed by atoms with Crippen LogP contribution >= 0.6 is 15.9 Å². The van der Waals surface area contributed by atoms with E-state index in [-0.39, 0.29) is 5.91 Å². The lowest BCUT2D eigenvalue weighted by Gasteiger charge is -2.09. The van der Waals surface area contributed by atoms with Crippen molar-refractivity contribution in [2.24, 2.45) is 0 Å². The highest BCUT2D eigenvalue weighted by Gasteiger charge is 2.11. The van der Waals surface area contributed by atoms with Crippen molar-refractivity contribution in [2.75, 3.05) is 5.32 Å². The summed E-state index contributed by atoms with van der Waals surface area (Å²) in [5.74, 6) is -0.137. The molecule has 0 aliphatic heterocycles. The Labute approximate surface area is 114 Å². The van der Waals surface area contributed by atoms with E-state index in [0.717, 1.165) is 21.4 Å². The number of benzene rings is 1. The molecule has 3 nitrogen and oxygen atoms in total. The maximum absolute atomic E-state index is 12.2. The van der Waals surface area contributed by atoms with E-state index in [1.54, 1.807) is 12.3 Å². The van der Waals surface area contributed by atoms with Crippen molar-refractivity contribution in [1.29, 1.82) is 0 Å². The number of rotatable bonds is 2. The highest BCUT2D eigenvalue weighted by Crippen LogP contribution is 2.20. The summed E-state index contributed by atoms with van der Waals surface area (Å²) in [4.78, 5) is 16.3. The SMILES string of the molecule is Cc1ccc(Br)c(C(=O)Nc2cccnc2C)c1. The number of pyridine rings is 1. The number of hydrogen-bond donors (Lipinski definition) is 1. The zero-order chi connectivity index (χ0) is 13.1. The molecule has 0 fully saturated rings. The van der Waals surface area contributed by atoms with Crippen molar-refractivity contribution in [3.63, 3.8) is 0 Å². The number of carbonyl (C=O) groups excluding carboxylic acids is 1. The molecule has 0 radical (unpaired) electrons. The van der Waals surface area contributed by atoms with E-state index in [9.17, 15) is 4.79 Å². The minimum atomic E-state index is -0.137. The number of aromatic nitrogens is 1. The van der Waals surface area contributed by atoms with Crippen molar-refractivity contribution in [3.05, 3.63) is 57.8 Å². The summed E-state index contributed by atoms with van der Waals surface area (Å²) < 4.78 is 0.784. The second-order valence-corrected chi connectivity index (χ2v) is 4.93. The minimum absolute atomic E-state index is 0.137. The van der Waals surface area contributed by atoms with Crippen molar-refractivity contribution >= 4 is 27.5 Å². The first kappa shape index (κ1) is 12.8. The molecule has 1 amide bonds. The van der Waals surface area contributed by atoms with E-state index in [1.165, 1.54) is 0 Å². The molecule has 1 aromatic carbocycles. The molecule has 0 saturated carbocycles. The van der Waals surface area contributed by atoms with E-state index in [0.29, 0.717) is 5.56 Å². The van der Waals surface area contributed by atoms with Gasteiger partial charge in [0.05, 0.1) is 16.9 Å². The number of amides is 1. The van der Waals surface area contributed by atoms with Gasteiger partial charge in [-0.15, -0.1) is 0 Å². The van der Waals surface area contributed by atoms with Crippen LogP contribution < -0.4 is 5.32 Å². The van der Waals surface area contributed by atoms with Crippen molar-refractivity contribution in [1.82, 2.24) is 4.98 Å². The third-order valence-corrected chi connectivity index (χ3v) is 3.31. The van der Waals surface area contributed by atoms with Crippen molar-refractivity contribution < 1.29 is 4.79 Å². The van der Waals surface area contributed by atoms with Crippen LogP contribution in [-0.4, -0.2) is 10.9 Å². The van der Waals surface area contributed by atoms with Crippen molar-refractivity contribution in [3.8, 4) is 0 Å². The van der Waals surface area contributed by atoms with Crippen LogP contribution in [0.1, 0.15) is 21.6 Å². The molecule has 1 N–H and O–H groups in total. The minimum Gasteiger partial charge on any atom is -0.320 e. The third-order valence-electron chi connectivity index (χ3n) is 2.62. The molecule has 0 saturated heterocycles. The van der Waals surface area contributed by atoms with Crippen LogP contribution in [-0.2, 0) is 0 Å². The predicted molar refractivity (Wildman–Crippen MR) is 75.8 cm³/mol. The number of hydrogen-bond acceptors (Lipinski definition) is 2. The van der Waals surface area contributed by atoms with Gasteiger partial charge in [0, 0.05) is 10.7 Å². The van der Waals surface area contributed by atoms with Gasteiger partial charge in [-0.25, -0.2) is 0 Å². The average Bonchev–Trinajstić information content (AvgIpc) is 2.35. The van der Waals surface area contributed by atoms with Gasteiger partial charge in [-0.1, -0.05) is 11.6 Å². The van der Waals surface area contributed by atoms with E-state index < -0.39 is 0 Å². The van der Waals surface area contributed by atoms with Gasteiger partial charge in [-0.05, 0) is 54.0 Å². The molecule has 0 aliphatic rings. The van der Waals surface area contributed by atoms with E-state index in [2.05, 4.69) is 26.2 Å². The second-order valence-electron chi connectivity index (χ2n) is 4.07. The fraction of sp³-hybridized carbons (Fsp3) is 0.143. The van der Waals surface area contributed by atoms with Gasteiger partial charge in [-0.3, -0.25) is 9.78 Å². The van der Waals surface area contributed by atoms with E-state index >= 15 is 0 Å². The number of halogens is 1. The van der Waals surface area contributed by atoms with Crippen LogP contribution in [0.15, 0.2) is 41.0 Å². The maximum atomic E-state index is 12.2. The summed E-state index contributed by atoms with van der Waals surface area (Å²) in [5.41, 5.74) is 3.20. The van der Waals surface area contributed by atoms with Crippen LogP contribution in [0.3, 0.4) is 0 Å². The Morgan fingerprint density at radius 2 is 2.06 bits per heavy atom. The predicted octanol–water partition coefficient (Wildman–Crippen LogP) is 3.71. The topological polar surface area (TPSA) is 42.0 Å². The molecule has 1 aromatic heterocycles. The van der Waals surface area contributed by atoms with Crippen LogP contribution in [0.5, 0.6) is 0 Å². The molecule has 0 bridgehead atoms. The lowest BCUT2D eigenvalue weighted by atomic mass is 10.1. The zero-order valence-corrected chi connectivity index (χ0v) is 11.8. The molecule has 2 aromatic rings. The Balaban J connectivity index is 2.28. The largest absolute Gasteiger partial charge is 0.320 e. The van der Waals surface area contributed by atoms with Crippen LogP contribution in [0.2, 0.25) is 0 Å². The highest BCUT2D eigenvalue weighted by atomic mass is 79.9. The molecule has 0 aliphatic carbocycles. The smallest absolute Gasteiger partial charge is 0.256 e. The summed E-state index contributed by atoms with van der Waals surface area (Å²) in [6, 6.07) is 9.32. The van der Waals surface area contributed by atoms with Crippen molar-refractivity contribution in [2.45, 2.75) is 13.8 Å². The molecule has 4 heteroatoms. The van der Waals surface area contributed by atoms with E-state index in [1.807, 2.05) is 38.1 Å². The fourth-order valence-electron chi connectivity index (χ4n) is 1.62. The summed E-state index contributed by atoms with van der Waals surface area (Å²) in [5, 5.41) is 2.86. The van der Waals surface area contributed by atoms with Gasteiger partial charge in [0.1, 0.15) is 0 Å². The molecule has 2 rings (SSSR count). The Hall–Kier alpha value is -1.68. The maximum Gasteiger partial charge on any atom is 0.256 e. The van der Waals surface area contributed by atoms with Crippen LogP contribution in [0, 0.1) is 13.8 Å². The normalized spacial score (nSPS) is 10.2. The second kappa shape index (κ2) is 5.31. The zero-order valence-electron chi connectivity index (χ0n) is 10.2.